The van der Waals surface area contributed by atoms with Gasteiger partial charge < -0.3 is 10.3 Å². The van der Waals surface area contributed by atoms with E-state index < -0.39 is 0 Å². The fourth-order valence-electron chi connectivity index (χ4n) is 1.46. The van der Waals surface area contributed by atoms with Crippen LogP contribution < -0.4 is 11.1 Å². The van der Waals surface area contributed by atoms with Gasteiger partial charge in [0, 0.05) is 19.3 Å². The lowest BCUT2D eigenvalue weighted by molar-refractivity contribution is 0.534. The Hall–Kier alpha value is -1.31. The van der Waals surface area contributed by atoms with Crippen molar-refractivity contribution < 1.29 is 0 Å². The molecule has 0 saturated heterocycles. The molecule has 1 heterocycles. The van der Waals surface area contributed by atoms with E-state index in [-0.39, 0.29) is 6.04 Å². The highest BCUT2D eigenvalue weighted by atomic mass is 15.1. The third kappa shape index (κ3) is 3.08. The number of nitrogens with two attached hydrogens (primary N) is 1. The summed E-state index contributed by atoms with van der Waals surface area (Å²) >= 11 is 0. The quantitative estimate of drug-likeness (QED) is 0.690. The van der Waals surface area contributed by atoms with E-state index in [0.717, 1.165) is 12.2 Å². The molecule has 15 heavy (non-hydrogen) atoms. The number of rotatable bonds is 5. The van der Waals surface area contributed by atoms with Crippen LogP contribution in [0.25, 0.3) is 0 Å². The summed E-state index contributed by atoms with van der Waals surface area (Å²) < 4.78 is 2.09. The summed E-state index contributed by atoms with van der Waals surface area (Å²) in [6.07, 6.45) is 3.68. The van der Waals surface area contributed by atoms with Crippen molar-refractivity contribution in [3.8, 4) is 11.8 Å². The standard InChI is InChI=1S/C11H18N4/c1-3-5-6-14-10(7-12)11-8-13-9-15(11)4-2/h8-10,14H,4,6-7,12H2,1-2H3. The van der Waals surface area contributed by atoms with Crippen molar-refractivity contribution in [1.82, 2.24) is 14.9 Å². The molecule has 0 bridgehead atoms. The molecule has 4 heteroatoms. The van der Waals surface area contributed by atoms with Gasteiger partial charge in [-0.25, -0.2) is 4.98 Å². The van der Waals surface area contributed by atoms with Crippen LogP contribution in [0.4, 0.5) is 0 Å². The fraction of sp³-hybridized carbons (Fsp3) is 0.545. The third-order valence-electron chi connectivity index (χ3n) is 2.29. The molecule has 1 aromatic rings. The topological polar surface area (TPSA) is 55.9 Å². The number of hydrogen-bond donors (Lipinski definition) is 2. The molecule has 1 aromatic heterocycles. The first-order valence-electron chi connectivity index (χ1n) is 5.16. The zero-order valence-corrected chi connectivity index (χ0v) is 9.33. The largest absolute Gasteiger partial charge is 0.333 e. The lowest BCUT2D eigenvalue weighted by Crippen LogP contribution is -2.30. The zero-order valence-electron chi connectivity index (χ0n) is 9.33. The van der Waals surface area contributed by atoms with Crippen molar-refractivity contribution >= 4 is 0 Å². The van der Waals surface area contributed by atoms with Gasteiger partial charge in [0.05, 0.1) is 24.6 Å². The highest BCUT2D eigenvalue weighted by Gasteiger charge is 2.12. The molecular formula is C11H18N4. The van der Waals surface area contributed by atoms with Gasteiger partial charge in [-0.05, 0) is 13.8 Å². The predicted molar refractivity (Wildman–Crippen MR) is 61.1 cm³/mol. The highest BCUT2D eigenvalue weighted by molar-refractivity contribution is 5.08. The van der Waals surface area contributed by atoms with E-state index in [2.05, 4.69) is 33.6 Å². The second kappa shape index (κ2) is 6.23. The summed E-state index contributed by atoms with van der Waals surface area (Å²) in [6, 6.07) is 0.133. The Morgan fingerprint density at radius 2 is 2.47 bits per heavy atom. The van der Waals surface area contributed by atoms with Gasteiger partial charge in [-0.1, -0.05) is 5.92 Å². The molecule has 4 nitrogen and oxygen atoms in total. The molecule has 0 spiro atoms. The van der Waals surface area contributed by atoms with Gasteiger partial charge in [0.1, 0.15) is 0 Å². The van der Waals surface area contributed by atoms with Crippen LogP contribution in [0.2, 0.25) is 0 Å². The Morgan fingerprint density at radius 3 is 3.07 bits per heavy atom. The highest BCUT2D eigenvalue weighted by Crippen LogP contribution is 2.10. The summed E-state index contributed by atoms with van der Waals surface area (Å²) in [6.45, 7) is 6.04. The normalized spacial score (nSPS) is 11.9. The van der Waals surface area contributed by atoms with Gasteiger partial charge in [0.25, 0.3) is 0 Å². The van der Waals surface area contributed by atoms with Gasteiger partial charge in [-0.15, -0.1) is 5.92 Å². The number of nitrogens with one attached hydrogen (secondary N) is 1. The summed E-state index contributed by atoms with van der Waals surface area (Å²) in [5.41, 5.74) is 6.84. The minimum Gasteiger partial charge on any atom is -0.333 e. The Labute approximate surface area is 90.9 Å². The second-order valence-corrected chi connectivity index (χ2v) is 3.20. The molecule has 0 radical (unpaired) electrons. The molecule has 0 fully saturated rings. The van der Waals surface area contributed by atoms with E-state index in [1.807, 2.05) is 19.4 Å². The molecule has 1 unspecified atom stereocenters. The van der Waals surface area contributed by atoms with E-state index in [4.69, 9.17) is 5.73 Å². The first-order valence-corrected chi connectivity index (χ1v) is 5.16. The predicted octanol–water partition coefficient (Wildman–Crippen LogP) is 0.516. The number of imidazole rings is 1. The Bertz CT molecular complexity index is 345. The van der Waals surface area contributed by atoms with Crippen molar-refractivity contribution in [2.24, 2.45) is 5.73 Å². The van der Waals surface area contributed by atoms with Crippen LogP contribution in [0.5, 0.6) is 0 Å². The molecule has 0 aliphatic rings. The fourth-order valence-corrected chi connectivity index (χ4v) is 1.46. The molecular weight excluding hydrogens is 188 g/mol. The number of nitrogens with zero attached hydrogens (tertiary/aromatic N) is 2. The monoisotopic (exact) mass is 206 g/mol. The van der Waals surface area contributed by atoms with Gasteiger partial charge in [0.2, 0.25) is 0 Å². The molecule has 1 atom stereocenters. The molecule has 1 rings (SSSR count). The van der Waals surface area contributed by atoms with Gasteiger partial charge >= 0.3 is 0 Å². The zero-order chi connectivity index (χ0) is 11.1. The Morgan fingerprint density at radius 1 is 1.67 bits per heavy atom. The first kappa shape index (κ1) is 11.8. The maximum absolute atomic E-state index is 5.72. The van der Waals surface area contributed by atoms with Crippen molar-refractivity contribution in [2.45, 2.75) is 26.4 Å². The summed E-state index contributed by atoms with van der Waals surface area (Å²) in [5, 5.41) is 3.29. The SMILES string of the molecule is CC#CCNC(CN)c1cncn1CC. The van der Waals surface area contributed by atoms with Crippen LogP contribution in [0.15, 0.2) is 12.5 Å². The van der Waals surface area contributed by atoms with E-state index in [0.29, 0.717) is 13.1 Å². The van der Waals surface area contributed by atoms with Crippen molar-refractivity contribution in [3.63, 3.8) is 0 Å². The number of aryl methyl sites for hydroxylation is 1. The molecule has 3 N–H and O–H groups in total. The van der Waals surface area contributed by atoms with Crippen LogP contribution in [0, 0.1) is 11.8 Å². The average molecular weight is 206 g/mol. The van der Waals surface area contributed by atoms with Crippen molar-refractivity contribution in [3.05, 3.63) is 18.2 Å². The lowest BCUT2D eigenvalue weighted by Gasteiger charge is -2.16. The Balaban J connectivity index is 2.67. The smallest absolute Gasteiger partial charge is 0.0948 e. The minimum atomic E-state index is 0.133. The van der Waals surface area contributed by atoms with Gasteiger partial charge in [-0.3, -0.25) is 5.32 Å². The molecule has 0 aliphatic heterocycles. The molecule has 0 aliphatic carbocycles. The van der Waals surface area contributed by atoms with Crippen LogP contribution in [0.1, 0.15) is 25.6 Å². The second-order valence-electron chi connectivity index (χ2n) is 3.20. The molecule has 82 valence electrons. The van der Waals surface area contributed by atoms with E-state index in [1.165, 1.54) is 0 Å². The van der Waals surface area contributed by atoms with E-state index in [9.17, 15) is 0 Å². The van der Waals surface area contributed by atoms with Crippen LogP contribution in [-0.4, -0.2) is 22.6 Å². The van der Waals surface area contributed by atoms with Gasteiger partial charge in [-0.2, -0.15) is 0 Å². The van der Waals surface area contributed by atoms with Gasteiger partial charge in [0.15, 0.2) is 0 Å². The Kier molecular flexibility index (Phi) is 4.88. The maximum Gasteiger partial charge on any atom is 0.0948 e. The van der Waals surface area contributed by atoms with Crippen LogP contribution in [0.3, 0.4) is 0 Å². The molecule has 0 amide bonds. The third-order valence-corrected chi connectivity index (χ3v) is 2.29. The molecule has 0 aromatic carbocycles. The summed E-state index contributed by atoms with van der Waals surface area (Å²) in [7, 11) is 0. The molecule has 0 saturated carbocycles. The first-order chi connectivity index (χ1) is 7.33. The maximum atomic E-state index is 5.72. The summed E-state index contributed by atoms with van der Waals surface area (Å²) in [5.74, 6) is 5.81. The summed E-state index contributed by atoms with van der Waals surface area (Å²) in [4.78, 5) is 4.12. The van der Waals surface area contributed by atoms with E-state index >= 15 is 0 Å². The van der Waals surface area contributed by atoms with E-state index in [1.54, 1.807) is 0 Å². The number of hydrogen-bond acceptors (Lipinski definition) is 3. The number of aromatic nitrogens is 2. The van der Waals surface area contributed by atoms with Crippen molar-refractivity contribution in [2.75, 3.05) is 13.1 Å². The van der Waals surface area contributed by atoms with Crippen LogP contribution in [-0.2, 0) is 6.54 Å². The van der Waals surface area contributed by atoms with Crippen molar-refractivity contribution in [1.29, 1.82) is 0 Å². The minimum absolute atomic E-state index is 0.133. The van der Waals surface area contributed by atoms with Crippen LogP contribution >= 0.6 is 0 Å². The lowest BCUT2D eigenvalue weighted by atomic mass is 10.2. The average Bonchev–Trinajstić information content (AvgIpc) is 2.72.